The highest BCUT2D eigenvalue weighted by molar-refractivity contribution is 8.05. The van der Waals surface area contributed by atoms with Crippen LogP contribution in [0.1, 0.15) is 5.56 Å². The van der Waals surface area contributed by atoms with E-state index < -0.39 is 11.2 Å². The minimum atomic E-state index is -0.652. The number of nitrogens with zero attached hydrogens (tertiary/aromatic N) is 2. The largest absolute Gasteiger partial charge is 0.321 e. The maximum atomic E-state index is 13.5. The van der Waals surface area contributed by atoms with E-state index in [2.05, 4.69) is 5.32 Å². The molecule has 1 aliphatic rings. The second kappa shape index (κ2) is 10.5. The molecule has 0 saturated carbocycles. The van der Waals surface area contributed by atoms with E-state index in [-0.39, 0.29) is 21.5 Å². The monoisotopic (exact) mass is 527 g/mol. The molecular formula is C25H16Cl3N3O2S. The average molecular weight is 529 g/mol. The number of nitriles is 1. The first-order valence-electron chi connectivity index (χ1n) is 10.1. The normalized spacial score (nSPS) is 16.8. The Morgan fingerprint density at radius 1 is 1.00 bits per heavy atom. The third-order valence-corrected chi connectivity index (χ3v) is 7.24. The van der Waals surface area contributed by atoms with Crippen molar-refractivity contribution in [1.82, 2.24) is 0 Å². The molecule has 170 valence electrons. The zero-order valence-corrected chi connectivity index (χ0v) is 20.6. The van der Waals surface area contributed by atoms with Crippen molar-refractivity contribution < 1.29 is 9.59 Å². The minimum absolute atomic E-state index is 0.179. The Morgan fingerprint density at radius 3 is 2.44 bits per heavy atom. The van der Waals surface area contributed by atoms with Crippen LogP contribution in [0.15, 0.2) is 83.4 Å². The maximum absolute atomic E-state index is 13.5. The van der Waals surface area contributed by atoms with E-state index in [0.717, 1.165) is 5.56 Å². The van der Waals surface area contributed by atoms with Crippen molar-refractivity contribution in [2.75, 3.05) is 10.2 Å². The van der Waals surface area contributed by atoms with Gasteiger partial charge in [0.15, 0.2) is 0 Å². The number of carbonyl (C=O) groups is 2. The van der Waals surface area contributed by atoms with Crippen LogP contribution in [0.4, 0.5) is 11.4 Å². The minimum Gasteiger partial charge on any atom is -0.321 e. The lowest BCUT2D eigenvalue weighted by atomic mass is 10.1. The first kappa shape index (κ1) is 24.2. The van der Waals surface area contributed by atoms with Crippen molar-refractivity contribution >= 4 is 69.8 Å². The summed E-state index contributed by atoms with van der Waals surface area (Å²) in [6, 6.07) is 22.8. The second-order valence-corrected chi connectivity index (χ2v) is 9.77. The highest BCUT2D eigenvalue weighted by Gasteiger charge is 2.40. The summed E-state index contributed by atoms with van der Waals surface area (Å²) in [5.41, 5.74) is 1.65. The standard InChI is InChI=1S/C25H16Cl3N3O2S/c26-16-6-4-5-15(11-16)12-22-24(33)31(18-7-2-1-3-8-18)25(34-22)19(14-29)23(32)30-17-9-10-20(27)21(28)13-17/h1-11,13,22H,12H2,(H,30,32)/b25-19-. The molecule has 0 bridgehead atoms. The van der Waals surface area contributed by atoms with Crippen LogP contribution < -0.4 is 10.2 Å². The summed E-state index contributed by atoms with van der Waals surface area (Å²) in [5, 5.41) is 13.5. The lowest BCUT2D eigenvalue weighted by Gasteiger charge is -2.18. The van der Waals surface area contributed by atoms with Crippen molar-refractivity contribution in [3.63, 3.8) is 0 Å². The summed E-state index contributed by atoms with van der Waals surface area (Å²) < 4.78 is 0. The highest BCUT2D eigenvalue weighted by Crippen LogP contribution is 2.42. The quantitative estimate of drug-likeness (QED) is 0.295. The number of thioether (sulfide) groups is 1. The Morgan fingerprint density at radius 2 is 1.76 bits per heavy atom. The van der Waals surface area contributed by atoms with Gasteiger partial charge in [-0.2, -0.15) is 5.26 Å². The van der Waals surface area contributed by atoms with Crippen molar-refractivity contribution in [3.8, 4) is 6.07 Å². The summed E-state index contributed by atoms with van der Waals surface area (Å²) in [6.45, 7) is 0. The molecule has 1 N–H and O–H groups in total. The Bertz CT molecular complexity index is 1340. The fourth-order valence-electron chi connectivity index (χ4n) is 3.44. The summed E-state index contributed by atoms with van der Waals surface area (Å²) >= 11 is 19.3. The zero-order valence-electron chi connectivity index (χ0n) is 17.5. The molecule has 1 heterocycles. The molecule has 1 unspecified atom stereocenters. The molecule has 3 aromatic carbocycles. The van der Waals surface area contributed by atoms with Crippen LogP contribution >= 0.6 is 46.6 Å². The fraction of sp³-hybridized carbons (Fsp3) is 0.0800. The average Bonchev–Trinajstić information content (AvgIpc) is 3.13. The number of halogens is 3. The molecule has 1 saturated heterocycles. The Hall–Kier alpha value is -2.95. The number of hydrogen-bond acceptors (Lipinski definition) is 4. The molecule has 5 nitrogen and oxygen atoms in total. The summed E-state index contributed by atoms with van der Waals surface area (Å²) in [5.74, 6) is -0.873. The van der Waals surface area contributed by atoms with E-state index >= 15 is 0 Å². The van der Waals surface area contributed by atoms with Crippen molar-refractivity contribution in [2.45, 2.75) is 11.7 Å². The molecule has 2 amide bonds. The lowest BCUT2D eigenvalue weighted by molar-refractivity contribution is -0.117. The number of para-hydroxylation sites is 1. The first-order chi connectivity index (χ1) is 16.4. The van der Waals surface area contributed by atoms with Crippen LogP contribution in [0.25, 0.3) is 0 Å². The number of benzene rings is 3. The van der Waals surface area contributed by atoms with E-state index in [9.17, 15) is 14.9 Å². The molecule has 1 aliphatic heterocycles. The van der Waals surface area contributed by atoms with Crippen LogP contribution in [-0.4, -0.2) is 17.1 Å². The van der Waals surface area contributed by atoms with Gasteiger partial charge in [0, 0.05) is 16.4 Å². The van der Waals surface area contributed by atoms with Gasteiger partial charge in [-0.1, -0.05) is 76.9 Å². The molecule has 0 spiro atoms. The van der Waals surface area contributed by atoms with E-state index in [4.69, 9.17) is 34.8 Å². The number of anilines is 2. The topological polar surface area (TPSA) is 73.2 Å². The van der Waals surface area contributed by atoms with Crippen molar-refractivity contribution in [1.29, 1.82) is 5.26 Å². The number of carbonyl (C=O) groups excluding carboxylic acids is 2. The van der Waals surface area contributed by atoms with Crippen LogP contribution in [0, 0.1) is 11.3 Å². The SMILES string of the molecule is N#C/C(C(=O)Nc1ccc(Cl)c(Cl)c1)=C1/SC(Cc2cccc(Cl)c2)C(=O)N1c1ccccc1. The van der Waals surface area contributed by atoms with Gasteiger partial charge in [-0.25, -0.2) is 0 Å². The van der Waals surface area contributed by atoms with Gasteiger partial charge in [0.05, 0.1) is 15.3 Å². The van der Waals surface area contributed by atoms with Gasteiger partial charge in [0.25, 0.3) is 5.91 Å². The second-order valence-electron chi connectivity index (χ2n) is 7.32. The molecule has 4 rings (SSSR count). The van der Waals surface area contributed by atoms with Crippen LogP contribution in [-0.2, 0) is 16.0 Å². The van der Waals surface area contributed by atoms with Gasteiger partial charge < -0.3 is 5.32 Å². The number of hydrogen-bond donors (Lipinski definition) is 1. The molecular weight excluding hydrogens is 513 g/mol. The molecule has 0 radical (unpaired) electrons. The van der Waals surface area contributed by atoms with E-state index in [0.29, 0.717) is 27.8 Å². The van der Waals surface area contributed by atoms with E-state index in [1.807, 2.05) is 24.3 Å². The number of amides is 2. The number of rotatable bonds is 5. The molecule has 34 heavy (non-hydrogen) atoms. The first-order valence-corrected chi connectivity index (χ1v) is 12.1. The predicted octanol–water partition coefficient (Wildman–Crippen LogP) is 6.71. The Kier molecular flexibility index (Phi) is 7.50. The molecule has 1 fully saturated rings. The van der Waals surface area contributed by atoms with Gasteiger partial charge >= 0.3 is 0 Å². The van der Waals surface area contributed by atoms with Gasteiger partial charge in [0.2, 0.25) is 5.91 Å². The van der Waals surface area contributed by atoms with Gasteiger partial charge in [-0.15, -0.1) is 0 Å². The molecule has 9 heteroatoms. The van der Waals surface area contributed by atoms with Crippen molar-refractivity contribution in [3.05, 3.63) is 104 Å². The van der Waals surface area contributed by atoms with E-state index in [1.165, 1.54) is 22.7 Å². The highest BCUT2D eigenvalue weighted by atomic mass is 35.5. The van der Waals surface area contributed by atoms with Gasteiger partial charge in [-0.3, -0.25) is 14.5 Å². The molecule has 0 aromatic heterocycles. The van der Waals surface area contributed by atoms with Crippen LogP contribution in [0.3, 0.4) is 0 Å². The summed E-state index contributed by atoms with van der Waals surface area (Å²) in [6.07, 6.45) is 0.393. The summed E-state index contributed by atoms with van der Waals surface area (Å²) in [7, 11) is 0. The van der Waals surface area contributed by atoms with Crippen LogP contribution in [0.2, 0.25) is 15.1 Å². The molecule has 0 aliphatic carbocycles. The third kappa shape index (κ3) is 5.24. The predicted molar refractivity (Wildman–Crippen MR) is 138 cm³/mol. The van der Waals surface area contributed by atoms with Gasteiger partial charge in [0.1, 0.15) is 16.7 Å². The number of nitrogens with one attached hydrogen (secondary N) is 1. The zero-order chi connectivity index (χ0) is 24.2. The third-order valence-electron chi connectivity index (χ3n) is 5.01. The van der Waals surface area contributed by atoms with Crippen LogP contribution in [0.5, 0.6) is 0 Å². The van der Waals surface area contributed by atoms with E-state index in [1.54, 1.807) is 48.5 Å². The maximum Gasteiger partial charge on any atom is 0.269 e. The lowest BCUT2D eigenvalue weighted by Crippen LogP contribution is -2.30. The molecule has 1 atom stereocenters. The smallest absolute Gasteiger partial charge is 0.269 e. The Balaban J connectivity index is 1.71. The van der Waals surface area contributed by atoms with Gasteiger partial charge in [-0.05, 0) is 54.4 Å². The molecule has 3 aromatic rings. The van der Waals surface area contributed by atoms with Crippen molar-refractivity contribution in [2.24, 2.45) is 0 Å². The fourth-order valence-corrected chi connectivity index (χ4v) is 5.26. The Labute approximate surface area is 215 Å². The summed E-state index contributed by atoms with van der Waals surface area (Å²) in [4.78, 5) is 28.0.